The Kier molecular flexibility index (Phi) is 5.83. The van der Waals surface area contributed by atoms with Gasteiger partial charge in [0, 0.05) is 24.7 Å². The van der Waals surface area contributed by atoms with E-state index in [1.807, 2.05) is 65.6 Å². The quantitative estimate of drug-likeness (QED) is 0.933. The average Bonchev–Trinajstić information content (AvgIpc) is 2.88. The third kappa shape index (κ3) is 4.92. The second kappa shape index (κ2) is 8.47. The van der Waals surface area contributed by atoms with Gasteiger partial charge in [-0.05, 0) is 37.0 Å². The zero-order chi connectivity index (χ0) is 17.5. The number of nitrogens with one attached hydrogen (secondary N) is 1. The zero-order valence-corrected chi connectivity index (χ0v) is 14.4. The van der Waals surface area contributed by atoms with Crippen LogP contribution in [-0.4, -0.2) is 35.8 Å². The molecule has 0 spiro atoms. The molecule has 1 atom stereocenters. The van der Waals surface area contributed by atoms with Crippen molar-refractivity contribution < 1.29 is 9.59 Å². The molecule has 1 saturated heterocycles. The van der Waals surface area contributed by atoms with E-state index in [9.17, 15) is 9.59 Å². The molecule has 2 amide bonds. The fourth-order valence-corrected chi connectivity index (χ4v) is 3.27. The summed E-state index contributed by atoms with van der Waals surface area (Å²) in [5, 5.41) is 3.11. The topological polar surface area (TPSA) is 49.4 Å². The Balaban J connectivity index is 1.60. The van der Waals surface area contributed by atoms with Crippen LogP contribution in [0.2, 0.25) is 0 Å². The number of rotatable bonds is 4. The molecule has 1 unspecified atom stereocenters. The standard InChI is InChI=1S/C21H24N2O2/c24-20(15-17-9-3-1-4-10-17)22-19-13-7-8-14-23(16-19)21(25)18-11-5-2-6-12-18/h1-6,9-12,19H,7-8,13-16H2,(H,22,24). The molecule has 1 N–H and O–H groups in total. The maximum atomic E-state index is 12.7. The van der Waals surface area contributed by atoms with Gasteiger partial charge in [0.05, 0.1) is 6.42 Å². The lowest BCUT2D eigenvalue weighted by Crippen LogP contribution is -2.45. The first kappa shape index (κ1) is 17.2. The molecule has 25 heavy (non-hydrogen) atoms. The molecular weight excluding hydrogens is 312 g/mol. The number of carbonyl (C=O) groups is 2. The summed E-state index contributed by atoms with van der Waals surface area (Å²) >= 11 is 0. The Morgan fingerprint density at radius 2 is 1.64 bits per heavy atom. The second-order valence-electron chi connectivity index (χ2n) is 6.54. The lowest BCUT2D eigenvalue weighted by Gasteiger charge is -2.25. The highest BCUT2D eigenvalue weighted by atomic mass is 16.2. The van der Waals surface area contributed by atoms with E-state index in [-0.39, 0.29) is 17.9 Å². The van der Waals surface area contributed by atoms with Crippen molar-refractivity contribution in [1.82, 2.24) is 10.2 Å². The molecule has 1 heterocycles. The first-order chi connectivity index (χ1) is 12.2. The van der Waals surface area contributed by atoms with Crippen molar-refractivity contribution in [3.8, 4) is 0 Å². The third-order valence-electron chi connectivity index (χ3n) is 4.55. The normalized spacial score (nSPS) is 17.6. The molecule has 2 aromatic carbocycles. The number of carbonyl (C=O) groups excluding carboxylic acids is 2. The number of likely N-dealkylation sites (tertiary alicyclic amines) is 1. The average molecular weight is 336 g/mol. The van der Waals surface area contributed by atoms with Crippen LogP contribution in [0.4, 0.5) is 0 Å². The molecule has 2 aromatic rings. The van der Waals surface area contributed by atoms with Gasteiger partial charge in [0.15, 0.2) is 0 Å². The Hall–Kier alpha value is -2.62. The van der Waals surface area contributed by atoms with Crippen molar-refractivity contribution in [2.45, 2.75) is 31.7 Å². The van der Waals surface area contributed by atoms with Gasteiger partial charge in [-0.15, -0.1) is 0 Å². The van der Waals surface area contributed by atoms with Gasteiger partial charge in [-0.3, -0.25) is 9.59 Å². The van der Waals surface area contributed by atoms with Crippen LogP contribution in [0.15, 0.2) is 60.7 Å². The lowest BCUT2D eigenvalue weighted by atomic mass is 10.1. The molecule has 0 saturated carbocycles. The van der Waals surface area contributed by atoms with E-state index in [0.29, 0.717) is 18.5 Å². The Bertz CT molecular complexity index is 700. The molecule has 4 nitrogen and oxygen atoms in total. The van der Waals surface area contributed by atoms with E-state index in [1.54, 1.807) is 0 Å². The van der Waals surface area contributed by atoms with Crippen molar-refractivity contribution >= 4 is 11.8 Å². The maximum Gasteiger partial charge on any atom is 0.253 e. The van der Waals surface area contributed by atoms with Gasteiger partial charge in [0.25, 0.3) is 5.91 Å². The molecule has 4 heteroatoms. The van der Waals surface area contributed by atoms with Crippen LogP contribution in [0, 0.1) is 0 Å². The summed E-state index contributed by atoms with van der Waals surface area (Å²) in [5.41, 5.74) is 1.71. The maximum absolute atomic E-state index is 12.7. The van der Waals surface area contributed by atoms with Crippen LogP contribution in [0.1, 0.15) is 35.2 Å². The highest BCUT2D eigenvalue weighted by Gasteiger charge is 2.23. The molecule has 1 aliphatic rings. The minimum atomic E-state index is 0.0187. The molecule has 0 bridgehead atoms. The molecule has 1 aliphatic heterocycles. The van der Waals surface area contributed by atoms with E-state index < -0.39 is 0 Å². The van der Waals surface area contributed by atoms with Crippen LogP contribution >= 0.6 is 0 Å². The first-order valence-corrected chi connectivity index (χ1v) is 8.90. The molecular formula is C21H24N2O2. The summed E-state index contributed by atoms with van der Waals surface area (Å²) in [7, 11) is 0. The van der Waals surface area contributed by atoms with Gasteiger partial charge in [-0.1, -0.05) is 48.5 Å². The molecule has 0 aliphatic carbocycles. The van der Waals surface area contributed by atoms with E-state index >= 15 is 0 Å². The highest BCUT2D eigenvalue weighted by Crippen LogP contribution is 2.14. The smallest absolute Gasteiger partial charge is 0.253 e. The number of hydrogen-bond acceptors (Lipinski definition) is 2. The van der Waals surface area contributed by atoms with Crippen LogP contribution in [0.25, 0.3) is 0 Å². The van der Waals surface area contributed by atoms with Crippen molar-refractivity contribution in [2.75, 3.05) is 13.1 Å². The number of amides is 2. The van der Waals surface area contributed by atoms with Crippen molar-refractivity contribution in [2.24, 2.45) is 0 Å². The van der Waals surface area contributed by atoms with Gasteiger partial charge >= 0.3 is 0 Å². The van der Waals surface area contributed by atoms with Crippen LogP contribution in [-0.2, 0) is 11.2 Å². The predicted molar refractivity (Wildman–Crippen MR) is 98.3 cm³/mol. The second-order valence-corrected chi connectivity index (χ2v) is 6.54. The fraction of sp³-hybridized carbons (Fsp3) is 0.333. The van der Waals surface area contributed by atoms with Crippen molar-refractivity contribution in [3.63, 3.8) is 0 Å². The van der Waals surface area contributed by atoms with Gasteiger partial charge in [-0.2, -0.15) is 0 Å². The largest absolute Gasteiger partial charge is 0.351 e. The van der Waals surface area contributed by atoms with E-state index in [1.165, 1.54) is 0 Å². The highest BCUT2D eigenvalue weighted by molar-refractivity contribution is 5.94. The van der Waals surface area contributed by atoms with E-state index in [0.717, 1.165) is 31.4 Å². The fourth-order valence-electron chi connectivity index (χ4n) is 3.27. The Morgan fingerprint density at radius 3 is 2.36 bits per heavy atom. The Labute approximate surface area is 148 Å². The SMILES string of the molecule is O=C(Cc1ccccc1)NC1CCCCN(C(=O)c2ccccc2)C1. The van der Waals surface area contributed by atoms with Crippen LogP contribution in [0.5, 0.6) is 0 Å². The molecule has 130 valence electrons. The minimum Gasteiger partial charge on any atom is -0.351 e. The summed E-state index contributed by atoms with van der Waals surface area (Å²) < 4.78 is 0. The molecule has 3 rings (SSSR count). The minimum absolute atomic E-state index is 0.0187. The van der Waals surface area contributed by atoms with Crippen molar-refractivity contribution in [1.29, 1.82) is 0 Å². The predicted octanol–water partition coefficient (Wildman–Crippen LogP) is 3.04. The number of benzene rings is 2. The summed E-state index contributed by atoms with van der Waals surface area (Å²) in [6.45, 7) is 1.33. The summed E-state index contributed by atoms with van der Waals surface area (Å²) in [6.07, 6.45) is 3.29. The summed E-state index contributed by atoms with van der Waals surface area (Å²) in [4.78, 5) is 26.9. The van der Waals surface area contributed by atoms with E-state index in [4.69, 9.17) is 0 Å². The molecule has 0 radical (unpaired) electrons. The van der Waals surface area contributed by atoms with Crippen LogP contribution in [0.3, 0.4) is 0 Å². The summed E-state index contributed by atoms with van der Waals surface area (Å²) in [5.74, 6) is 0.0648. The van der Waals surface area contributed by atoms with E-state index in [2.05, 4.69) is 5.32 Å². The number of hydrogen-bond donors (Lipinski definition) is 1. The number of nitrogens with zero attached hydrogens (tertiary/aromatic N) is 1. The monoisotopic (exact) mass is 336 g/mol. The van der Waals surface area contributed by atoms with Gasteiger partial charge in [-0.25, -0.2) is 0 Å². The van der Waals surface area contributed by atoms with Crippen molar-refractivity contribution in [3.05, 3.63) is 71.8 Å². The molecule has 1 fully saturated rings. The van der Waals surface area contributed by atoms with Gasteiger partial charge in [0.2, 0.25) is 5.91 Å². The Morgan fingerprint density at radius 1 is 0.960 bits per heavy atom. The van der Waals surface area contributed by atoms with Crippen LogP contribution < -0.4 is 5.32 Å². The van der Waals surface area contributed by atoms with Gasteiger partial charge < -0.3 is 10.2 Å². The lowest BCUT2D eigenvalue weighted by molar-refractivity contribution is -0.121. The molecule has 0 aromatic heterocycles. The van der Waals surface area contributed by atoms with Gasteiger partial charge in [0.1, 0.15) is 0 Å². The first-order valence-electron chi connectivity index (χ1n) is 8.90. The zero-order valence-electron chi connectivity index (χ0n) is 14.4. The third-order valence-corrected chi connectivity index (χ3v) is 4.55. The summed E-state index contributed by atoms with van der Waals surface area (Å²) in [6, 6.07) is 19.1.